The van der Waals surface area contributed by atoms with E-state index in [4.69, 9.17) is 5.26 Å². The van der Waals surface area contributed by atoms with Crippen LogP contribution in [0.2, 0.25) is 0 Å². The Hall–Kier alpha value is -2.76. The third-order valence-electron chi connectivity index (χ3n) is 4.27. The van der Waals surface area contributed by atoms with Gasteiger partial charge in [-0.3, -0.25) is 4.79 Å². The Morgan fingerprint density at radius 3 is 2.48 bits per heavy atom. The standard InChI is InChI=1S/C19H18FN3O3S/c1-12(14-4-2-13(11-21)3-5-14)22-19(24)15-6-9-17(20)18(10-15)27(25,26)23-16-7-8-16/h2-6,9-10,12,16,23H,7-8H2,1H3,(H,22,24). The molecule has 8 heteroatoms. The van der Waals surface area contributed by atoms with Crippen LogP contribution >= 0.6 is 0 Å². The summed E-state index contributed by atoms with van der Waals surface area (Å²) in [5, 5.41) is 11.6. The molecule has 1 aliphatic rings. The highest BCUT2D eigenvalue weighted by molar-refractivity contribution is 7.89. The van der Waals surface area contributed by atoms with Crippen molar-refractivity contribution < 1.29 is 17.6 Å². The number of hydrogen-bond donors (Lipinski definition) is 2. The minimum absolute atomic E-state index is 0.0491. The summed E-state index contributed by atoms with van der Waals surface area (Å²) >= 11 is 0. The molecular formula is C19H18FN3O3S. The van der Waals surface area contributed by atoms with Gasteiger partial charge in [-0.2, -0.15) is 5.26 Å². The highest BCUT2D eigenvalue weighted by Crippen LogP contribution is 2.24. The van der Waals surface area contributed by atoms with Crippen molar-refractivity contribution in [1.82, 2.24) is 10.0 Å². The van der Waals surface area contributed by atoms with E-state index in [1.54, 1.807) is 31.2 Å². The lowest BCUT2D eigenvalue weighted by Crippen LogP contribution is -2.29. The summed E-state index contributed by atoms with van der Waals surface area (Å²) in [4.78, 5) is 11.9. The molecule has 1 saturated carbocycles. The number of carbonyl (C=O) groups excluding carboxylic acids is 1. The van der Waals surface area contributed by atoms with Crippen LogP contribution in [0.5, 0.6) is 0 Å². The minimum Gasteiger partial charge on any atom is -0.346 e. The fourth-order valence-corrected chi connectivity index (χ4v) is 3.95. The van der Waals surface area contributed by atoms with E-state index in [0.29, 0.717) is 5.56 Å². The maximum absolute atomic E-state index is 14.0. The van der Waals surface area contributed by atoms with Crippen LogP contribution in [0.15, 0.2) is 47.4 Å². The molecule has 0 heterocycles. The first-order chi connectivity index (χ1) is 12.8. The van der Waals surface area contributed by atoms with Crippen molar-refractivity contribution in [2.45, 2.75) is 36.7 Å². The van der Waals surface area contributed by atoms with Gasteiger partial charge < -0.3 is 5.32 Å². The van der Waals surface area contributed by atoms with E-state index in [0.717, 1.165) is 30.5 Å². The number of nitrogens with one attached hydrogen (secondary N) is 2. The van der Waals surface area contributed by atoms with Crippen LogP contribution in [0.25, 0.3) is 0 Å². The Balaban J connectivity index is 1.78. The van der Waals surface area contributed by atoms with Crippen LogP contribution in [0.4, 0.5) is 4.39 Å². The van der Waals surface area contributed by atoms with Crippen molar-refractivity contribution in [3.8, 4) is 6.07 Å². The van der Waals surface area contributed by atoms with Gasteiger partial charge in [0.15, 0.2) is 0 Å². The van der Waals surface area contributed by atoms with Gasteiger partial charge in [0.1, 0.15) is 10.7 Å². The topological polar surface area (TPSA) is 99.1 Å². The molecule has 0 bridgehead atoms. The molecule has 2 aromatic rings. The van der Waals surface area contributed by atoms with Gasteiger partial charge in [0, 0.05) is 11.6 Å². The first kappa shape index (κ1) is 19.0. The lowest BCUT2D eigenvalue weighted by molar-refractivity contribution is 0.0939. The molecule has 1 atom stereocenters. The Morgan fingerprint density at radius 2 is 1.89 bits per heavy atom. The van der Waals surface area contributed by atoms with E-state index in [1.165, 1.54) is 6.07 Å². The Labute approximate surface area is 157 Å². The van der Waals surface area contributed by atoms with Crippen molar-refractivity contribution in [2.24, 2.45) is 0 Å². The number of nitriles is 1. The summed E-state index contributed by atoms with van der Waals surface area (Å²) in [6.45, 7) is 1.76. The molecule has 27 heavy (non-hydrogen) atoms. The maximum atomic E-state index is 14.0. The van der Waals surface area contributed by atoms with Crippen molar-refractivity contribution in [3.63, 3.8) is 0 Å². The van der Waals surface area contributed by atoms with E-state index in [2.05, 4.69) is 10.0 Å². The van der Waals surface area contributed by atoms with Crippen LogP contribution < -0.4 is 10.0 Å². The molecule has 6 nitrogen and oxygen atoms in total. The summed E-state index contributed by atoms with van der Waals surface area (Å²) in [5.74, 6) is -1.42. The molecule has 1 amide bonds. The highest BCUT2D eigenvalue weighted by Gasteiger charge is 2.30. The zero-order valence-corrected chi connectivity index (χ0v) is 15.4. The van der Waals surface area contributed by atoms with E-state index >= 15 is 0 Å². The Bertz CT molecular complexity index is 1010. The highest BCUT2D eigenvalue weighted by atomic mass is 32.2. The van der Waals surface area contributed by atoms with Gasteiger partial charge in [-0.05, 0) is 55.7 Å². The first-order valence-electron chi connectivity index (χ1n) is 8.43. The normalized spacial score (nSPS) is 15.0. The quantitative estimate of drug-likeness (QED) is 0.796. The number of halogens is 1. The molecule has 0 aliphatic heterocycles. The third-order valence-corrected chi connectivity index (χ3v) is 5.80. The third kappa shape index (κ3) is 4.51. The van der Waals surface area contributed by atoms with E-state index in [9.17, 15) is 17.6 Å². The smallest absolute Gasteiger partial charge is 0.251 e. The molecule has 0 spiro atoms. The van der Waals surface area contributed by atoms with Gasteiger partial charge in [0.05, 0.1) is 17.7 Å². The number of benzene rings is 2. The van der Waals surface area contributed by atoms with Crippen LogP contribution in [-0.2, 0) is 10.0 Å². The molecule has 0 aromatic heterocycles. The van der Waals surface area contributed by atoms with Crippen LogP contribution in [0.3, 0.4) is 0 Å². The van der Waals surface area contributed by atoms with Crippen LogP contribution in [-0.4, -0.2) is 20.4 Å². The predicted molar refractivity (Wildman–Crippen MR) is 96.8 cm³/mol. The van der Waals surface area contributed by atoms with Crippen molar-refractivity contribution in [2.75, 3.05) is 0 Å². The van der Waals surface area contributed by atoms with Crippen LogP contribution in [0.1, 0.15) is 47.3 Å². The van der Waals surface area contributed by atoms with Gasteiger partial charge in [0.25, 0.3) is 5.91 Å². The van der Waals surface area contributed by atoms with E-state index in [1.807, 2.05) is 6.07 Å². The summed E-state index contributed by atoms with van der Waals surface area (Å²) < 4.78 is 41.0. The Kier molecular flexibility index (Phi) is 5.26. The second-order valence-corrected chi connectivity index (χ2v) is 8.15. The zero-order valence-electron chi connectivity index (χ0n) is 14.6. The average molecular weight is 387 g/mol. The molecule has 140 valence electrons. The summed E-state index contributed by atoms with van der Waals surface area (Å²) in [7, 11) is -4.01. The van der Waals surface area contributed by atoms with Gasteiger partial charge in [-0.15, -0.1) is 0 Å². The summed E-state index contributed by atoms with van der Waals surface area (Å²) in [6.07, 6.45) is 1.45. The zero-order chi connectivity index (χ0) is 19.6. The van der Waals surface area contributed by atoms with Gasteiger partial charge >= 0.3 is 0 Å². The number of rotatable bonds is 6. The molecule has 1 aliphatic carbocycles. The molecular weight excluding hydrogens is 369 g/mol. The summed E-state index contributed by atoms with van der Waals surface area (Å²) in [6, 6.07) is 11.5. The van der Waals surface area contributed by atoms with Crippen molar-refractivity contribution >= 4 is 15.9 Å². The van der Waals surface area contributed by atoms with Gasteiger partial charge in [0.2, 0.25) is 10.0 Å². The molecule has 1 fully saturated rings. The minimum atomic E-state index is -4.01. The average Bonchev–Trinajstić information content (AvgIpc) is 3.45. The number of nitrogens with zero attached hydrogens (tertiary/aromatic N) is 1. The van der Waals surface area contributed by atoms with Crippen molar-refractivity contribution in [1.29, 1.82) is 5.26 Å². The van der Waals surface area contributed by atoms with E-state index in [-0.39, 0.29) is 17.6 Å². The van der Waals surface area contributed by atoms with Crippen molar-refractivity contribution in [3.05, 3.63) is 65.0 Å². The number of carbonyl (C=O) groups is 1. The van der Waals surface area contributed by atoms with Crippen LogP contribution in [0, 0.1) is 17.1 Å². The SMILES string of the molecule is CC(NC(=O)c1ccc(F)c(S(=O)(=O)NC2CC2)c1)c1ccc(C#N)cc1. The first-order valence-corrected chi connectivity index (χ1v) is 9.91. The number of sulfonamides is 1. The molecule has 2 N–H and O–H groups in total. The lowest BCUT2D eigenvalue weighted by Gasteiger charge is -2.15. The fraction of sp³-hybridized carbons (Fsp3) is 0.263. The maximum Gasteiger partial charge on any atom is 0.251 e. The largest absolute Gasteiger partial charge is 0.346 e. The predicted octanol–water partition coefficient (Wildman–Crippen LogP) is 2.63. The lowest BCUT2D eigenvalue weighted by atomic mass is 10.1. The number of hydrogen-bond acceptors (Lipinski definition) is 4. The molecule has 3 rings (SSSR count). The summed E-state index contributed by atoms with van der Waals surface area (Å²) in [5.41, 5.74) is 1.34. The van der Waals surface area contributed by atoms with E-state index < -0.39 is 26.6 Å². The molecule has 0 radical (unpaired) electrons. The molecule has 1 unspecified atom stereocenters. The molecule has 2 aromatic carbocycles. The fourth-order valence-electron chi connectivity index (χ4n) is 2.54. The monoisotopic (exact) mass is 387 g/mol. The second kappa shape index (κ2) is 7.47. The van der Waals surface area contributed by atoms with Gasteiger partial charge in [-0.25, -0.2) is 17.5 Å². The van der Waals surface area contributed by atoms with Gasteiger partial charge in [-0.1, -0.05) is 12.1 Å². The Morgan fingerprint density at radius 1 is 1.22 bits per heavy atom. The molecule has 0 saturated heterocycles. The second-order valence-electron chi connectivity index (χ2n) is 6.47. The number of amides is 1.